The number of hydrogen-bond acceptors (Lipinski definition) is 2. The average molecular weight is 337 g/mol. The molecule has 2 aromatic carbocycles. The summed E-state index contributed by atoms with van der Waals surface area (Å²) in [5, 5.41) is 0. The molecule has 1 aliphatic carbocycles. The van der Waals surface area contributed by atoms with Crippen LogP contribution in [0.3, 0.4) is 0 Å². The maximum absolute atomic E-state index is 6.37. The van der Waals surface area contributed by atoms with E-state index >= 15 is 0 Å². The quantitative estimate of drug-likeness (QED) is 0.805. The molecule has 2 nitrogen and oxygen atoms in total. The molecule has 0 aliphatic heterocycles. The molecule has 1 saturated carbocycles. The second-order valence-corrected chi connectivity index (χ2v) is 8.20. The molecule has 0 unspecified atom stereocenters. The van der Waals surface area contributed by atoms with Crippen molar-refractivity contribution >= 4 is 0 Å². The molecule has 1 aliphatic rings. The van der Waals surface area contributed by atoms with Gasteiger partial charge < -0.3 is 5.73 Å². The molecule has 2 heteroatoms. The van der Waals surface area contributed by atoms with E-state index in [1.165, 1.54) is 36.8 Å². The van der Waals surface area contributed by atoms with Gasteiger partial charge >= 0.3 is 0 Å². The highest BCUT2D eigenvalue weighted by Crippen LogP contribution is 2.34. The largest absolute Gasteiger partial charge is 0.325 e. The predicted octanol–water partition coefficient (Wildman–Crippen LogP) is 4.98. The standard InChI is InChI=1S/C23H32N2/c1-23(2,24)21-13-15-22(16-14-21)25(17-19-9-5-3-6-10-19)18-20-11-7-4-8-12-20/h3-12,21-22H,13-18,24H2,1-2H3. The molecule has 25 heavy (non-hydrogen) atoms. The van der Waals surface area contributed by atoms with Crippen LogP contribution in [0.1, 0.15) is 50.7 Å². The first-order valence-electron chi connectivity index (χ1n) is 9.63. The van der Waals surface area contributed by atoms with Crippen LogP contribution >= 0.6 is 0 Å². The van der Waals surface area contributed by atoms with Crippen LogP contribution in [0.25, 0.3) is 0 Å². The normalized spacial score (nSPS) is 21.4. The fourth-order valence-corrected chi connectivity index (χ4v) is 4.13. The van der Waals surface area contributed by atoms with Crippen molar-refractivity contribution in [2.75, 3.05) is 0 Å². The summed E-state index contributed by atoms with van der Waals surface area (Å²) in [6.45, 7) is 6.42. The van der Waals surface area contributed by atoms with Gasteiger partial charge in [-0.2, -0.15) is 0 Å². The van der Waals surface area contributed by atoms with Crippen LogP contribution in [-0.4, -0.2) is 16.5 Å². The molecular weight excluding hydrogens is 304 g/mol. The van der Waals surface area contributed by atoms with Gasteiger partial charge in [-0.15, -0.1) is 0 Å². The molecule has 1 fully saturated rings. The maximum Gasteiger partial charge on any atom is 0.0240 e. The zero-order chi connectivity index (χ0) is 17.7. The summed E-state index contributed by atoms with van der Waals surface area (Å²) in [6, 6.07) is 22.4. The van der Waals surface area contributed by atoms with Crippen LogP contribution in [0.15, 0.2) is 60.7 Å². The van der Waals surface area contributed by atoms with E-state index in [4.69, 9.17) is 5.73 Å². The Morgan fingerprint density at radius 2 is 1.24 bits per heavy atom. The molecule has 0 atom stereocenters. The molecule has 0 radical (unpaired) electrons. The van der Waals surface area contributed by atoms with E-state index in [0.29, 0.717) is 12.0 Å². The lowest BCUT2D eigenvalue weighted by atomic mass is 9.75. The van der Waals surface area contributed by atoms with Crippen molar-refractivity contribution in [2.24, 2.45) is 11.7 Å². The van der Waals surface area contributed by atoms with Gasteiger partial charge in [0.1, 0.15) is 0 Å². The van der Waals surface area contributed by atoms with Crippen LogP contribution in [0.5, 0.6) is 0 Å². The zero-order valence-corrected chi connectivity index (χ0v) is 15.7. The van der Waals surface area contributed by atoms with E-state index in [-0.39, 0.29) is 5.54 Å². The van der Waals surface area contributed by atoms with E-state index in [0.717, 1.165) is 13.1 Å². The van der Waals surface area contributed by atoms with Crippen LogP contribution in [-0.2, 0) is 13.1 Å². The van der Waals surface area contributed by atoms with Gasteiger partial charge in [0.25, 0.3) is 0 Å². The van der Waals surface area contributed by atoms with E-state index in [2.05, 4.69) is 79.4 Å². The first-order chi connectivity index (χ1) is 12.0. The van der Waals surface area contributed by atoms with Crippen molar-refractivity contribution in [3.63, 3.8) is 0 Å². The second-order valence-electron chi connectivity index (χ2n) is 8.20. The van der Waals surface area contributed by atoms with Crippen molar-refractivity contribution < 1.29 is 0 Å². The molecule has 3 rings (SSSR count). The van der Waals surface area contributed by atoms with Gasteiger partial charge in [0, 0.05) is 24.7 Å². The number of nitrogens with zero attached hydrogens (tertiary/aromatic N) is 1. The molecule has 0 spiro atoms. The highest BCUT2D eigenvalue weighted by atomic mass is 15.2. The Labute approximate surface area is 153 Å². The lowest BCUT2D eigenvalue weighted by molar-refractivity contribution is 0.103. The van der Waals surface area contributed by atoms with Crippen LogP contribution < -0.4 is 5.73 Å². The summed E-state index contributed by atoms with van der Waals surface area (Å²) >= 11 is 0. The first kappa shape index (κ1) is 18.2. The van der Waals surface area contributed by atoms with E-state index in [1.807, 2.05) is 0 Å². The summed E-state index contributed by atoms with van der Waals surface area (Å²) in [7, 11) is 0. The smallest absolute Gasteiger partial charge is 0.0240 e. The van der Waals surface area contributed by atoms with Crippen molar-refractivity contribution in [3.8, 4) is 0 Å². The lowest BCUT2D eigenvalue weighted by Gasteiger charge is -2.41. The Bertz CT molecular complexity index is 581. The topological polar surface area (TPSA) is 29.3 Å². The minimum absolute atomic E-state index is 0.0470. The third kappa shape index (κ3) is 5.17. The molecular formula is C23H32N2. The summed E-state index contributed by atoms with van der Waals surface area (Å²) in [6.07, 6.45) is 5.00. The number of hydrogen-bond donors (Lipinski definition) is 1. The summed E-state index contributed by atoms with van der Waals surface area (Å²) < 4.78 is 0. The number of benzene rings is 2. The minimum atomic E-state index is -0.0470. The highest BCUT2D eigenvalue weighted by Gasteiger charge is 2.32. The van der Waals surface area contributed by atoms with Crippen molar-refractivity contribution in [1.29, 1.82) is 0 Å². The van der Waals surface area contributed by atoms with Crippen molar-refractivity contribution in [1.82, 2.24) is 4.90 Å². The van der Waals surface area contributed by atoms with Gasteiger partial charge in [-0.25, -0.2) is 0 Å². The Hall–Kier alpha value is -1.64. The van der Waals surface area contributed by atoms with Crippen molar-refractivity contribution in [3.05, 3.63) is 71.8 Å². The molecule has 2 aromatic rings. The fourth-order valence-electron chi connectivity index (χ4n) is 4.13. The average Bonchev–Trinajstić information content (AvgIpc) is 2.62. The number of rotatable bonds is 6. The molecule has 0 bridgehead atoms. The summed E-state index contributed by atoms with van der Waals surface area (Å²) in [5.74, 6) is 0.652. The molecule has 2 N–H and O–H groups in total. The third-order valence-electron chi connectivity index (χ3n) is 5.72. The van der Waals surface area contributed by atoms with Gasteiger partial charge in [0.2, 0.25) is 0 Å². The van der Waals surface area contributed by atoms with E-state index < -0.39 is 0 Å². The van der Waals surface area contributed by atoms with Gasteiger partial charge in [-0.1, -0.05) is 60.7 Å². The zero-order valence-electron chi connectivity index (χ0n) is 15.7. The van der Waals surface area contributed by atoms with Crippen LogP contribution in [0, 0.1) is 5.92 Å². The van der Waals surface area contributed by atoms with Gasteiger partial charge in [0.05, 0.1) is 0 Å². The number of nitrogens with two attached hydrogens (primary N) is 1. The molecule has 0 saturated heterocycles. The molecule has 134 valence electrons. The van der Waals surface area contributed by atoms with Crippen molar-refractivity contribution in [2.45, 2.75) is 64.2 Å². The third-order valence-corrected chi connectivity index (χ3v) is 5.72. The molecule has 0 aromatic heterocycles. The first-order valence-corrected chi connectivity index (χ1v) is 9.63. The minimum Gasteiger partial charge on any atom is -0.325 e. The molecule has 0 amide bonds. The predicted molar refractivity (Wildman–Crippen MR) is 106 cm³/mol. The lowest BCUT2D eigenvalue weighted by Crippen LogP contribution is -2.45. The van der Waals surface area contributed by atoms with Crippen LogP contribution in [0.4, 0.5) is 0 Å². The Morgan fingerprint density at radius 3 is 1.64 bits per heavy atom. The monoisotopic (exact) mass is 336 g/mol. The van der Waals surface area contributed by atoms with E-state index in [1.54, 1.807) is 0 Å². The summed E-state index contributed by atoms with van der Waals surface area (Å²) in [4.78, 5) is 2.67. The van der Waals surface area contributed by atoms with Gasteiger partial charge in [-0.05, 0) is 56.6 Å². The molecule has 0 heterocycles. The Kier molecular flexibility index (Phi) is 5.93. The Balaban J connectivity index is 1.70. The second kappa shape index (κ2) is 8.16. The summed E-state index contributed by atoms with van der Waals surface area (Å²) in [5.41, 5.74) is 9.12. The Morgan fingerprint density at radius 1 is 0.800 bits per heavy atom. The highest BCUT2D eigenvalue weighted by molar-refractivity contribution is 5.17. The van der Waals surface area contributed by atoms with Gasteiger partial charge in [0.15, 0.2) is 0 Å². The fraction of sp³-hybridized carbons (Fsp3) is 0.478. The van der Waals surface area contributed by atoms with E-state index in [9.17, 15) is 0 Å². The van der Waals surface area contributed by atoms with Gasteiger partial charge in [-0.3, -0.25) is 4.90 Å². The van der Waals surface area contributed by atoms with Crippen LogP contribution in [0.2, 0.25) is 0 Å². The SMILES string of the molecule is CC(C)(N)C1CCC(N(Cc2ccccc2)Cc2ccccc2)CC1. The maximum atomic E-state index is 6.37.